The van der Waals surface area contributed by atoms with Gasteiger partial charge in [0.15, 0.2) is 0 Å². The topological polar surface area (TPSA) is 79.3 Å². The Morgan fingerprint density at radius 1 is 1.35 bits per heavy atom. The van der Waals surface area contributed by atoms with E-state index in [2.05, 4.69) is 10.3 Å². The highest BCUT2D eigenvalue weighted by atomic mass is 32.1. The molecule has 1 unspecified atom stereocenters. The second-order valence-corrected chi connectivity index (χ2v) is 5.30. The van der Waals surface area contributed by atoms with Crippen LogP contribution < -0.4 is 5.32 Å². The Kier molecular flexibility index (Phi) is 4.14. The number of nitrogens with zero attached hydrogens (tertiary/aromatic N) is 1. The van der Waals surface area contributed by atoms with E-state index in [9.17, 15) is 9.59 Å². The van der Waals surface area contributed by atoms with E-state index in [4.69, 9.17) is 5.11 Å². The molecule has 0 bridgehead atoms. The summed E-state index contributed by atoms with van der Waals surface area (Å²) in [5.74, 6) is -1.36. The fourth-order valence-corrected chi connectivity index (χ4v) is 2.51. The first kappa shape index (κ1) is 14.2. The van der Waals surface area contributed by atoms with Crippen LogP contribution in [0.25, 0.3) is 0 Å². The summed E-state index contributed by atoms with van der Waals surface area (Å²) in [4.78, 5) is 27.3. The lowest BCUT2D eigenvalue weighted by atomic mass is 10.1. The Labute approximate surface area is 120 Å². The molecule has 1 amide bonds. The number of benzene rings is 1. The molecule has 2 N–H and O–H groups in total. The van der Waals surface area contributed by atoms with Gasteiger partial charge >= 0.3 is 5.97 Å². The van der Waals surface area contributed by atoms with Crippen molar-refractivity contribution in [1.29, 1.82) is 0 Å². The summed E-state index contributed by atoms with van der Waals surface area (Å²) in [6, 6.07) is 5.73. The number of nitrogens with one attached hydrogen (secondary N) is 1. The molecule has 0 fully saturated rings. The average Bonchev–Trinajstić information content (AvgIpc) is 2.85. The van der Waals surface area contributed by atoms with Crippen LogP contribution in [0.5, 0.6) is 0 Å². The number of hydrogen-bond donors (Lipinski definition) is 2. The smallest absolute Gasteiger partial charge is 0.335 e. The maximum Gasteiger partial charge on any atom is 0.335 e. The summed E-state index contributed by atoms with van der Waals surface area (Å²) in [5, 5.41) is 14.5. The molecule has 0 spiro atoms. The minimum absolute atomic E-state index is 0.0930. The third kappa shape index (κ3) is 3.21. The first-order valence-electron chi connectivity index (χ1n) is 6.03. The monoisotopic (exact) mass is 290 g/mol. The lowest BCUT2D eigenvalue weighted by molar-refractivity contribution is 0.0697. The van der Waals surface area contributed by atoms with Crippen LogP contribution in [0.2, 0.25) is 0 Å². The molecule has 1 atom stereocenters. The van der Waals surface area contributed by atoms with E-state index < -0.39 is 5.97 Å². The van der Waals surface area contributed by atoms with E-state index in [0.29, 0.717) is 5.56 Å². The molecule has 0 saturated heterocycles. The molecule has 0 aliphatic carbocycles. The number of carboxylic acid groups (broad SMARTS) is 1. The van der Waals surface area contributed by atoms with Crippen molar-refractivity contribution in [2.45, 2.75) is 19.9 Å². The largest absolute Gasteiger partial charge is 0.478 e. The summed E-state index contributed by atoms with van der Waals surface area (Å²) in [5.41, 5.74) is 1.33. The second-order valence-electron chi connectivity index (χ2n) is 4.41. The zero-order valence-electron chi connectivity index (χ0n) is 11.1. The van der Waals surface area contributed by atoms with Gasteiger partial charge in [-0.25, -0.2) is 9.78 Å². The van der Waals surface area contributed by atoms with Crippen LogP contribution in [0.15, 0.2) is 29.6 Å². The van der Waals surface area contributed by atoms with E-state index in [-0.39, 0.29) is 17.5 Å². The summed E-state index contributed by atoms with van der Waals surface area (Å²) in [6.45, 7) is 3.74. The van der Waals surface area contributed by atoms with Crippen LogP contribution in [-0.2, 0) is 0 Å². The molecule has 0 aliphatic rings. The van der Waals surface area contributed by atoms with Gasteiger partial charge in [0.25, 0.3) is 5.91 Å². The quantitative estimate of drug-likeness (QED) is 0.907. The lowest BCUT2D eigenvalue weighted by Crippen LogP contribution is -2.26. The molecule has 2 rings (SSSR count). The molecule has 104 valence electrons. The molecule has 2 aromatic rings. The first-order valence-corrected chi connectivity index (χ1v) is 6.91. The van der Waals surface area contributed by atoms with Gasteiger partial charge in [0.2, 0.25) is 0 Å². The van der Waals surface area contributed by atoms with Crippen molar-refractivity contribution in [3.05, 3.63) is 51.5 Å². The van der Waals surface area contributed by atoms with Crippen LogP contribution in [0, 0.1) is 6.92 Å². The number of aromatic carboxylic acids is 1. The Hall–Kier alpha value is -2.21. The van der Waals surface area contributed by atoms with E-state index in [1.165, 1.54) is 23.5 Å². The van der Waals surface area contributed by atoms with Crippen molar-refractivity contribution >= 4 is 23.2 Å². The van der Waals surface area contributed by atoms with Crippen LogP contribution in [0.3, 0.4) is 0 Å². The summed E-state index contributed by atoms with van der Waals surface area (Å²) in [6.07, 6.45) is 0. The van der Waals surface area contributed by atoms with Crippen molar-refractivity contribution in [3.8, 4) is 0 Å². The second kappa shape index (κ2) is 5.83. The minimum Gasteiger partial charge on any atom is -0.478 e. The van der Waals surface area contributed by atoms with Crippen molar-refractivity contribution in [2.75, 3.05) is 0 Å². The van der Waals surface area contributed by atoms with E-state index >= 15 is 0 Å². The van der Waals surface area contributed by atoms with Crippen LogP contribution >= 0.6 is 11.3 Å². The maximum absolute atomic E-state index is 12.1. The molecule has 1 heterocycles. The predicted octanol–water partition coefficient (Wildman–Crippen LogP) is 2.64. The van der Waals surface area contributed by atoms with Crippen molar-refractivity contribution in [1.82, 2.24) is 10.3 Å². The molecule has 20 heavy (non-hydrogen) atoms. The number of carbonyl (C=O) groups is 2. The van der Waals surface area contributed by atoms with Gasteiger partial charge in [-0.05, 0) is 32.0 Å². The molecule has 0 saturated carbocycles. The number of aromatic nitrogens is 1. The number of aryl methyl sites for hydroxylation is 1. The van der Waals surface area contributed by atoms with Gasteiger partial charge < -0.3 is 10.4 Å². The third-order valence-electron chi connectivity index (χ3n) is 2.73. The minimum atomic E-state index is -1.05. The van der Waals surface area contributed by atoms with E-state index in [1.54, 1.807) is 12.1 Å². The predicted molar refractivity (Wildman–Crippen MR) is 76.1 cm³/mol. The van der Waals surface area contributed by atoms with E-state index in [1.807, 2.05) is 19.2 Å². The maximum atomic E-state index is 12.1. The molecule has 0 aliphatic heterocycles. The Bertz CT molecular complexity index is 651. The molecular weight excluding hydrogens is 276 g/mol. The van der Waals surface area contributed by atoms with Crippen LogP contribution in [0.4, 0.5) is 0 Å². The average molecular weight is 290 g/mol. The fourth-order valence-electron chi connectivity index (χ4n) is 1.71. The van der Waals surface area contributed by atoms with Crippen molar-refractivity contribution < 1.29 is 14.7 Å². The molecule has 1 aromatic carbocycles. The van der Waals surface area contributed by atoms with Crippen molar-refractivity contribution in [3.63, 3.8) is 0 Å². The molecule has 6 heteroatoms. The van der Waals surface area contributed by atoms with Gasteiger partial charge in [0.1, 0.15) is 5.01 Å². The van der Waals surface area contributed by atoms with Crippen LogP contribution in [-0.4, -0.2) is 22.0 Å². The Balaban J connectivity index is 2.12. The van der Waals surface area contributed by atoms with Gasteiger partial charge in [-0.2, -0.15) is 0 Å². The highest BCUT2D eigenvalue weighted by Gasteiger charge is 2.15. The van der Waals surface area contributed by atoms with Gasteiger partial charge in [0, 0.05) is 16.6 Å². The lowest BCUT2D eigenvalue weighted by Gasteiger charge is -2.11. The first-order chi connectivity index (χ1) is 9.47. The van der Waals surface area contributed by atoms with Gasteiger partial charge in [-0.15, -0.1) is 11.3 Å². The van der Waals surface area contributed by atoms with Crippen molar-refractivity contribution in [2.24, 2.45) is 0 Å². The number of rotatable bonds is 4. The standard InChI is InChI=1S/C14H14N2O3S/c1-8-7-20-13(15-8)9(2)16-12(17)10-4-3-5-11(6-10)14(18)19/h3-7,9H,1-2H3,(H,16,17)(H,18,19). The molecule has 5 nitrogen and oxygen atoms in total. The molecule has 0 radical (unpaired) electrons. The highest BCUT2D eigenvalue weighted by Crippen LogP contribution is 2.18. The number of amides is 1. The number of hydrogen-bond acceptors (Lipinski definition) is 4. The fraction of sp³-hybridized carbons (Fsp3) is 0.214. The van der Waals surface area contributed by atoms with Gasteiger partial charge in [0.05, 0.1) is 11.6 Å². The number of carbonyl (C=O) groups excluding carboxylic acids is 1. The van der Waals surface area contributed by atoms with Gasteiger partial charge in [-0.3, -0.25) is 4.79 Å². The summed E-state index contributed by atoms with van der Waals surface area (Å²) in [7, 11) is 0. The van der Waals surface area contributed by atoms with E-state index in [0.717, 1.165) is 10.7 Å². The zero-order chi connectivity index (χ0) is 14.7. The zero-order valence-corrected chi connectivity index (χ0v) is 11.9. The summed E-state index contributed by atoms with van der Waals surface area (Å²) < 4.78 is 0. The normalized spacial score (nSPS) is 11.9. The third-order valence-corrected chi connectivity index (χ3v) is 3.87. The SMILES string of the molecule is Cc1csc(C(C)NC(=O)c2cccc(C(=O)O)c2)n1. The Morgan fingerprint density at radius 2 is 2.05 bits per heavy atom. The number of thiazole rings is 1. The Morgan fingerprint density at radius 3 is 2.65 bits per heavy atom. The van der Waals surface area contributed by atoms with Crippen LogP contribution in [0.1, 0.15) is 44.4 Å². The molecular formula is C14H14N2O3S. The number of carboxylic acids is 1. The van der Waals surface area contributed by atoms with Gasteiger partial charge in [-0.1, -0.05) is 6.07 Å². The molecule has 1 aromatic heterocycles. The summed E-state index contributed by atoms with van der Waals surface area (Å²) >= 11 is 1.48. The highest BCUT2D eigenvalue weighted by molar-refractivity contribution is 7.09.